The number of furan rings is 1. The van der Waals surface area contributed by atoms with Gasteiger partial charge in [-0.25, -0.2) is 0 Å². The van der Waals surface area contributed by atoms with Gasteiger partial charge < -0.3 is 19.8 Å². The van der Waals surface area contributed by atoms with Crippen LogP contribution in [0.1, 0.15) is 17.9 Å². The Labute approximate surface area is 106 Å². The zero-order chi connectivity index (χ0) is 13.2. The van der Waals surface area contributed by atoms with Crippen LogP contribution in [0.4, 0.5) is 0 Å². The molecule has 0 radical (unpaired) electrons. The Hall–Kier alpha value is -1.84. The third-order valence-corrected chi connectivity index (χ3v) is 2.23. The predicted molar refractivity (Wildman–Crippen MR) is 64.6 cm³/mol. The lowest BCUT2D eigenvalue weighted by atomic mass is 10.3. The van der Waals surface area contributed by atoms with Crippen LogP contribution in [0.3, 0.4) is 0 Å². The summed E-state index contributed by atoms with van der Waals surface area (Å²) in [6.07, 6.45) is 0.398. The molecule has 6 heteroatoms. The number of carbonyl (C=O) groups excluding carboxylic acids is 1. The van der Waals surface area contributed by atoms with Crippen molar-refractivity contribution in [1.82, 2.24) is 10.6 Å². The van der Waals surface area contributed by atoms with Crippen LogP contribution in [0.2, 0.25) is 0 Å². The molecule has 18 heavy (non-hydrogen) atoms. The SMILES string of the molecule is COCCNC(=O)CCNCc1ccc(C#N)o1. The molecule has 0 aliphatic heterocycles. The van der Waals surface area contributed by atoms with Gasteiger partial charge in [0, 0.05) is 26.6 Å². The molecule has 6 nitrogen and oxygen atoms in total. The lowest BCUT2D eigenvalue weighted by Crippen LogP contribution is -2.29. The standard InChI is InChI=1S/C12H17N3O3/c1-17-7-6-15-12(16)4-5-14-9-11-3-2-10(8-13)18-11/h2-3,14H,4-7,9H2,1H3,(H,15,16). The molecule has 0 saturated heterocycles. The molecule has 0 aliphatic rings. The molecule has 1 aromatic heterocycles. The van der Waals surface area contributed by atoms with Crippen LogP contribution < -0.4 is 10.6 Å². The Balaban J connectivity index is 2.08. The van der Waals surface area contributed by atoms with Crippen LogP contribution >= 0.6 is 0 Å². The van der Waals surface area contributed by atoms with Gasteiger partial charge in [-0.1, -0.05) is 0 Å². The first-order valence-corrected chi connectivity index (χ1v) is 5.71. The number of nitrogens with one attached hydrogen (secondary N) is 2. The van der Waals surface area contributed by atoms with E-state index in [9.17, 15) is 4.79 Å². The van der Waals surface area contributed by atoms with Crippen molar-refractivity contribution in [3.8, 4) is 6.07 Å². The van der Waals surface area contributed by atoms with Crippen molar-refractivity contribution in [2.45, 2.75) is 13.0 Å². The largest absolute Gasteiger partial charge is 0.449 e. The molecule has 0 aromatic carbocycles. The van der Waals surface area contributed by atoms with E-state index in [1.54, 1.807) is 19.2 Å². The van der Waals surface area contributed by atoms with Gasteiger partial charge in [0.15, 0.2) is 0 Å². The number of rotatable bonds is 8. The topological polar surface area (TPSA) is 87.3 Å². The lowest BCUT2D eigenvalue weighted by molar-refractivity contribution is -0.121. The van der Waals surface area contributed by atoms with Crippen molar-refractivity contribution in [3.05, 3.63) is 23.7 Å². The second-order valence-electron chi connectivity index (χ2n) is 3.65. The summed E-state index contributed by atoms with van der Waals surface area (Å²) >= 11 is 0. The summed E-state index contributed by atoms with van der Waals surface area (Å²) in [6, 6.07) is 5.27. The first-order chi connectivity index (χ1) is 8.76. The van der Waals surface area contributed by atoms with Crippen LogP contribution in [0, 0.1) is 11.3 Å². The van der Waals surface area contributed by atoms with Crippen molar-refractivity contribution >= 4 is 5.91 Å². The van der Waals surface area contributed by atoms with E-state index in [0.717, 1.165) is 0 Å². The Morgan fingerprint density at radius 2 is 2.33 bits per heavy atom. The van der Waals surface area contributed by atoms with Crippen molar-refractivity contribution < 1.29 is 13.9 Å². The minimum Gasteiger partial charge on any atom is -0.449 e. The van der Waals surface area contributed by atoms with Gasteiger partial charge in [-0.2, -0.15) is 5.26 Å². The van der Waals surface area contributed by atoms with Crippen LogP contribution in [0.5, 0.6) is 0 Å². The van der Waals surface area contributed by atoms with Gasteiger partial charge in [0.25, 0.3) is 0 Å². The Morgan fingerprint density at radius 1 is 1.50 bits per heavy atom. The highest BCUT2D eigenvalue weighted by atomic mass is 16.5. The summed E-state index contributed by atoms with van der Waals surface area (Å²) in [4.78, 5) is 11.3. The fourth-order valence-electron chi connectivity index (χ4n) is 1.33. The first-order valence-electron chi connectivity index (χ1n) is 5.71. The Morgan fingerprint density at radius 3 is 3.00 bits per heavy atom. The normalized spacial score (nSPS) is 10.0. The summed E-state index contributed by atoms with van der Waals surface area (Å²) in [5.74, 6) is 0.965. The summed E-state index contributed by atoms with van der Waals surface area (Å²) < 4.78 is 10.00. The smallest absolute Gasteiger partial charge is 0.221 e. The summed E-state index contributed by atoms with van der Waals surface area (Å²) in [6.45, 7) is 2.11. The van der Waals surface area contributed by atoms with E-state index in [-0.39, 0.29) is 5.91 Å². The minimum atomic E-state index is -0.0169. The molecule has 0 spiro atoms. The van der Waals surface area contributed by atoms with Crippen molar-refractivity contribution in [2.24, 2.45) is 0 Å². The van der Waals surface area contributed by atoms with E-state index >= 15 is 0 Å². The van der Waals surface area contributed by atoms with Gasteiger partial charge in [0.05, 0.1) is 13.2 Å². The van der Waals surface area contributed by atoms with Crippen LogP contribution in [0.15, 0.2) is 16.5 Å². The fraction of sp³-hybridized carbons (Fsp3) is 0.500. The molecule has 1 heterocycles. The molecule has 0 bridgehead atoms. The van der Waals surface area contributed by atoms with Gasteiger partial charge in [-0.15, -0.1) is 0 Å². The summed E-state index contributed by atoms with van der Waals surface area (Å²) in [7, 11) is 1.59. The Kier molecular flexibility index (Phi) is 6.54. The van der Waals surface area contributed by atoms with E-state index < -0.39 is 0 Å². The molecule has 0 atom stereocenters. The molecule has 1 amide bonds. The van der Waals surface area contributed by atoms with Gasteiger partial charge in [0.1, 0.15) is 11.8 Å². The van der Waals surface area contributed by atoms with Gasteiger partial charge in [-0.3, -0.25) is 4.79 Å². The zero-order valence-electron chi connectivity index (χ0n) is 10.4. The third-order valence-electron chi connectivity index (χ3n) is 2.23. The number of amides is 1. The number of hydrogen-bond donors (Lipinski definition) is 2. The van der Waals surface area contributed by atoms with Gasteiger partial charge >= 0.3 is 0 Å². The number of ether oxygens (including phenoxy) is 1. The number of nitrogens with zero attached hydrogens (tertiary/aromatic N) is 1. The van der Waals surface area contributed by atoms with Gasteiger partial charge in [0.2, 0.25) is 11.7 Å². The quantitative estimate of drug-likeness (QED) is 0.653. The molecule has 0 fully saturated rings. The molecule has 0 aliphatic carbocycles. The maximum Gasteiger partial charge on any atom is 0.221 e. The molecular weight excluding hydrogens is 234 g/mol. The van der Waals surface area contributed by atoms with Crippen molar-refractivity contribution in [2.75, 3.05) is 26.8 Å². The van der Waals surface area contributed by atoms with E-state index in [4.69, 9.17) is 14.4 Å². The molecule has 2 N–H and O–H groups in total. The number of hydrogen-bond acceptors (Lipinski definition) is 5. The van der Waals surface area contributed by atoms with Crippen LogP contribution in [0.25, 0.3) is 0 Å². The maximum absolute atomic E-state index is 11.3. The zero-order valence-corrected chi connectivity index (χ0v) is 10.4. The monoisotopic (exact) mass is 251 g/mol. The average molecular weight is 251 g/mol. The van der Waals surface area contributed by atoms with Crippen molar-refractivity contribution in [1.29, 1.82) is 5.26 Å². The third kappa shape index (κ3) is 5.48. The van der Waals surface area contributed by atoms with Crippen molar-refractivity contribution in [3.63, 3.8) is 0 Å². The highest BCUT2D eigenvalue weighted by molar-refractivity contribution is 5.75. The number of nitriles is 1. The highest BCUT2D eigenvalue weighted by Gasteiger charge is 2.02. The summed E-state index contributed by atoms with van der Waals surface area (Å²) in [5.41, 5.74) is 0. The van der Waals surface area contributed by atoms with Crippen LogP contribution in [-0.2, 0) is 16.1 Å². The van der Waals surface area contributed by atoms with Gasteiger partial charge in [-0.05, 0) is 12.1 Å². The van der Waals surface area contributed by atoms with E-state index in [2.05, 4.69) is 10.6 Å². The molecule has 1 rings (SSSR count). The lowest BCUT2D eigenvalue weighted by Gasteiger charge is -2.04. The summed E-state index contributed by atoms with van der Waals surface area (Å²) in [5, 5.41) is 14.4. The highest BCUT2D eigenvalue weighted by Crippen LogP contribution is 2.05. The maximum atomic E-state index is 11.3. The fourth-order valence-corrected chi connectivity index (χ4v) is 1.33. The molecule has 98 valence electrons. The van der Waals surface area contributed by atoms with Crippen LogP contribution in [-0.4, -0.2) is 32.7 Å². The second kappa shape index (κ2) is 8.28. The number of methoxy groups -OCH3 is 1. The molecule has 1 aromatic rings. The molecular formula is C12H17N3O3. The Bertz CT molecular complexity index is 409. The molecule has 0 saturated carbocycles. The average Bonchev–Trinajstić information content (AvgIpc) is 2.83. The predicted octanol–water partition coefficient (Wildman–Crippen LogP) is 0.394. The number of carbonyl (C=O) groups is 1. The van der Waals surface area contributed by atoms with E-state index in [0.29, 0.717) is 44.2 Å². The molecule has 0 unspecified atom stereocenters. The minimum absolute atomic E-state index is 0.0169. The second-order valence-corrected chi connectivity index (χ2v) is 3.65. The van der Waals surface area contributed by atoms with E-state index in [1.165, 1.54) is 0 Å². The first kappa shape index (κ1) is 14.2. The van der Waals surface area contributed by atoms with E-state index in [1.807, 2.05) is 6.07 Å².